The molecule has 0 saturated carbocycles. The van der Waals surface area contributed by atoms with Crippen molar-refractivity contribution in [3.05, 3.63) is 28.2 Å². The van der Waals surface area contributed by atoms with Crippen molar-refractivity contribution in [3.8, 4) is 5.75 Å². The molecular formula is C18H22BrN7O3. The lowest BCUT2D eigenvalue weighted by molar-refractivity contribution is 0.121. The third kappa shape index (κ3) is 5.11. The van der Waals surface area contributed by atoms with Crippen LogP contribution in [-0.4, -0.2) is 78.9 Å². The van der Waals surface area contributed by atoms with E-state index in [9.17, 15) is 5.11 Å². The number of ether oxygens (including phenoxy) is 2. The molecule has 29 heavy (non-hydrogen) atoms. The minimum Gasteiger partial charge on any atom is -0.507 e. The Morgan fingerprint density at radius 2 is 1.55 bits per heavy atom. The number of morpholine rings is 2. The van der Waals surface area contributed by atoms with Crippen LogP contribution in [0.5, 0.6) is 5.75 Å². The first-order chi connectivity index (χ1) is 14.2. The van der Waals surface area contributed by atoms with Crippen LogP contribution in [-0.2, 0) is 9.47 Å². The number of halogens is 1. The molecule has 10 nitrogen and oxygen atoms in total. The number of hydrogen-bond acceptors (Lipinski definition) is 10. The predicted molar refractivity (Wildman–Crippen MR) is 113 cm³/mol. The summed E-state index contributed by atoms with van der Waals surface area (Å²) in [5.41, 5.74) is 3.44. The van der Waals surface area contributed by atoms with Crippen LogP contribution < -0.4 is 15.2 Å². The molecule has 0 bridgehead atoms. The van der Waals surface area contributed by atoms with E-state index < -0.39 is 0 Å². The van der Waals surface area contributed by atoms with Gasteiger partial charge in [0.05, 0.1) is 32.6 Å². The van der Waals surface area contributed by atoms with E-state index in [2.05, 4.69) is 51.2 Å². The van der Waals surface area contributed by atoms with Crippen LogP contribution in [0.15, 0.2) is 27.8 Å². The highest BCUT2D eigenvalue weighted by molar-refractivity contribution is 9.10. The highest BCUT2D eigenvalue weighted by atomic mass is 79.9. The fourth-order valence-corrected chi connectivity index (χ4v) is 3.38. The van der Waals surface area contributed by atoms with Gasteiger partial charge in [-0.3, -0.25) is 0 Å². The van der Waals surface area contributed by atoms with Crippen LogP contribution >= 0.6 is 15.9 Å². The summed E-state index contributed by atoms with van der Waals surface area (Å²) in [6.45, 7) is 5.46. The standard InChI is InChI=1S/C18H22BrN7O3/c19-14-1-2-15(27)13(11-14)12-20-24-16-21-17(25-3-7-28-8-4-25)23-18(22-16)26-5-9-29-10-6-26/h1-2,11-12,27H,3-10H2,(H,21,22,23,24). The Morgan fingerprint density at radius 3 is 2.14 bits per heavy atom. The van der Waals surface area contributed by atoms with E-state index in [-0.39, 0.29) is 5.75 Å². The van der Waals surface area contributed by atoms with E-state index in [4.69, 9.17) is 9.47 Å². The molecular weight excluding hydrogens is 442 g/mol. The SMILES string of the molecule is Oc1ccc(Br)cc1C=NNc1nc(N2CCOCC2)nc(N2CCOCC2)n1. The van der Waals surface area contributed by atoms with Gasteiger partial charge in [0.25, 0.3) is 0 Å². The molecule has 3 heterocycles. The maximum absolute atomic E-state index is 9.94. The topological polar surface area (TPSA) is 108 Å². The number of phenols is 1. The van der Waals surface area contributed by atoms with Crippen LogP contribution in [0.1, 0.15) is 5.56 Å². The Balaban J connectivity index is 1.57. The number of rotatable bonds is 5. The number of phenolic OH excluding ortho intramolecular Hbond substituents is 1. The normalized spacial score (nSPS) is 17.7. The van der Waals surface area contributed by atoms with Gasteiger partial charge in [0, 0.05) is 36.2 Å². The number of hydrogen-bond donors (Lipinski definition) is 2. The molecule has 0 amide bonds. The summed E-state index contributed by atoms with van der Waals surface area (Å²) >= 11 is 3.38. The first kappa shape index (κ1) is 19.8. The fraction of sp³-hybridized carbons (Fsp3) is 0.444. The average Bonchev–Trinajstić information content (AvgIpc) is 2.77. The van der Waals surface area contributed by atoms with Crippen molar-refractivity contribution in [1.29, 1.82) is 0 Å². The average molecular weight is 464 g/mol. The van der Waals surface area contributed by atoms with E-state index in [0.717, 1.165) is 30.7 Å². The lowest BCUT2D eigenvalue weighted by atomic mass is 10.2. The maximum Gasteiger partial charge on any atom is 0.250 e. The van der Waals surface area contributed by atoms with Gasteiger partial charge in [-0.25, -0.2) is 5.43 Å². The van der Waals surface area contributed by atoms with Gasteiger partial charge in [-0.1, -0.05) is 15.9 Å². The second-order valence-electron chi connectivity index (χ2n) is 6.53. The van der Waals surface area contributed by atoms with Crippen LogP contribution in [0.4, 0.5) is 17.8 Å². The molecule has 11 heteroatoms. The molecule has 2 saturated heterocycles. The third-order valence-corrected chi connectivity index (χ3v) is 5.05. The second-order valence-corrected chi connectivity index (χ2v) is 7.45. The molecule has 4 rings (SSSR count). The number of aromatic nitrogens is 3. The van der Waals surface area contributed by atoms with Crippen LogP contribution in [0.2, 0.25) is 0 Å². The smallest absolute Gasteiger partial charge is 0.250 e. The molecule has 1 aromatic heterocycles. The molecule has 2 aliphatic rings. The van der Waals surface area contributed by atoms with E-state index in [1.165, 1.54) is 6.21 Å². The molecule has 0 spiro atoms. The number of hydrazone groups is 1. The highest BCUT2D eigenvalue weighted by Gasteiger charge is 2.20. The highest BCUT2D eigenvalue weighted by Crippen LogP contribution is 2.21. The predicted octanol–water partition coefficient (Wildman–Crippen LogP) is 1.46. The Bertz CT molecular complexity index is 834. The minimum atomic E-state index is 0.136. The summed E-state index contributed by atoms with van der Waals surface area (Å²) in [4.78, 5) is 17.8. The Morgan fingerprint density at radius 1 is 0.966 bits per heavy atom. The zero-order valence-electron chi connectivity index (χ0n) is 15.8. The molecule has 154 valence electrons. The molecule has 2 aliphatic heterocycles. The van der Waals surface area contributed by atoms with Crippen molar-refractivity contribution >= 4 is 40.0 Å². The molecule has 2 aromatic rings. The maximum atomic E-state index is 9.94. The summed E-state index contributed by atoms with van der Waals surface area (Å²) in [5.74, 6) is 1.66. The van der Waals surface area contributed by atoms with E-state index in [0.29, 0.717) is 49.8 Å². The fourth-order valence-electron chi connectivity index (χ4n) is 3.00. The van der Waals surface area contributed by atoms with Crippen LogP contribution in [0.3, 0.4) is 0 Å². The Kier molecular flexibility index (Phi) is 6.37. The molecule has 0 aliphatic carbocycles. The number of aromatic hydroxyl groups is 1. The number of nitrogens with one attached hydrogen (secondary N) is 1. The minimum absolute atomic E-state index is 0.136. The Labute approximate surface area is 176 Å². The van der Waals surface area contributed by atoms with Gasteiger partial charge in [0.1, 0.15) is 5.75 Å². The summed E-state index contributed by atoms with van der Waals surface area (Å²) in [6, 6.07) is 5.13. The quantitative estimate of drug-likeness (QED) is 0.502. The number of nitrogens with zero attached hydrogens (tertiary/aromatic N) is 6. The summed E-state index contributed by atoms with van der Waals surface area (Å²) in [7, 11) is 0. The lowest BCUT2D eigenvalue weighted by Crippen LogP contribution is -2.40. The third-order valence-electron chi connectivity index (χ3n) is 4.56. The summed E-state index contributed by atoms with van der Waals surface area (Å²) in [5, 5.41) is 14.1. The molecule has 2 N–H and O–H groups in total. The largest absolute Gasteiger partial charge is 0.507 e. The monoisotopic (exact) mass is 463 g/mol. The molecule has 0 atom stereocenters. The zero-order chi connectivity index (χ0) is 20.1. The van der Waals surface area contributed by atoms with Crippen molar-refractivity contribution in [2.24, 2.45) is 5.10 Å². The van der Waals surface area contributed by atoms with Crippen molar-refractivity contribution < 1.29 is 14.6 Å². The van der Waals surface area contributed by atoms with Gasteiger partial charge >= 0.3 is 0 Å². The molecule has 0 radical (unpaired) electrons. The summed E-state index contributed by atoms with van der Waals surface area (Å²) in [6.07, 6.45) is 1.52. The first-order valence-electron chi connectivity index (χ1n) is 9.38. The van der Waals surface area contributed by atoms with Gasteiger partial charge in [0.15, 0.2) is 0 Å². The van der Waals surface area contributed by atoms with E-state index in [1.807, 2.05) is 0 Å². The van der Waals surface area contributed by atoms with Gasteiger partial charge in [0.2, 0.25) is 17.8 Å². The summed E-state index contributed by atoms with van der Waals surface area (Å²) < 4.78 is 11.7. The van der Waals surface area contributed by atoms with Crippen molar-refractivity contribution in [3.63, 3.8) is 0 Å². The van der Waals surface area contributed by atoms with Crippen LogP contribution in [0.25, 0.3) is 0 Å². The zero-order valence-corrected chi connectivity index (χ0v) is 17.4. The lowest BCUT2D eigenvalue weighted by Gasteiger charge is -2.30. The van der Waals surface area contributed by atoms with Gasteiger partial charge in [-0.05, 0) is 18.2 Å². The van der Waals surface area contributed by atoms with E-state index in [1.54, 1.807) is 18.2 Å². The Hall–Kier alpha value is -2.50. The van der Waals surface area contributed by atoms with Gasteiger partial charge < -0.3 is 24.4 Å². The van der Waals surface area contributed by atoms with Crippen LogP contribution in [0, 0.1) is 0 Å². The number of anilines is 3. The first-order valence-corrected chi connectivity index (χ1v) is 10.2. The van der Waals surface area contributed by atoms with Crippen molar-refractivity contribution in [2.75, 3.05) is 67.8 Å². The van der Waals surface area contributed by atoms with Crippen molar-refractivity contribution in [2.45, 2.75) is 0 Å². The van der Waals surface area contributed by atoms with Gasteiger partial charge in [-0.15, -0.1) is 0 Å². The molecule has 2 fully saturated rings. The van der Waals surface area contributed by atoms with Crippen molar-refractivity contribution in [1.82, 2.24) is 15.0 Å². The van der Waals surface area contributed by atoms with E-state index >= 15 is 0 Å². The second kappa shape index (κ2) is 9.33. The molecule has 0 unspecified atom stereocenters. The van der Waals surface area contributed by atoms with Gasteiger partial charge in [-0.2, -0.15) is 20.1 Å². The molecule has 1 aromatic carbocycles. The number of benzene rings is 1.